The number of benzene rings is 1. The first-order valence-corrected chi connectivity index (χ1v) is 10.1. The Labute approximate surface area is 156 Å². The molecular weight excluding hydrogens is 326 g/mol. The number of hydrogen-bond acceptors (Lipinski definition) is 4. The number of hydrogen-bond donors (Lipinski definition) is 1. The number of carbonyl (C=O) groups is 1. The summed E-state index contributed by atoms with van der Waals surface area (Å²) in [6.07, 6.45) is 3.54. The largest absolute Gasteiger partial charge is 0.378 e. The standard InChI is InChI=1S/C21H31N3O2/c1-16(21(25)24-11-13-26-14-12-24)23-9-7-18(8-10-23)22-20-15-19(20)17-5-3-2-4-6-17/h2-6,16,18-20,22H,7-15H2,1H3/t16-,19+,20-/m1/s1. The smallest absolute Gasteiger partial charge is 0.239 e. The molecule has 1 amide bonds. The molecule has 3 atom stereocenters. The van der Waals surface area contributed by atoms with Gasteiger partial charge in [0.2, 0.25) is 5.91 Å². The molecule has 3 aliphatic rings. The Morgan fingerprint density at radius 2 is 1.81 bits per heavy atom. The number of amides is 1. The summed E-state index contributed by atoms with van der Waals surface area (Å²) in [4.78, 5) is 17.0. The Balaban J connectivity index is 1.21. The van der Waals surface area contributed by atoms with Gasteiger partial charge < -0.3 is 15.0 Å². The van der Waals surface area contributed by atoms with Crippen molar-refractivity contribution in [1.82, 2.24) is 15.1 Å². The van der Waals surface area contributed by atoms with Crippen molar-refractivity contribution in [3.63, 3.8) is 0 Å². The fraction of sp³-hybridized carbons (Fsp3) is 0.667. The normalized spacial score (nSPS) is 28.7. The highest BCUT2D eigenvalue weighted by molar-refractivity contribution is 5.81. The van der Waals surface area contributed by atoms with Crippen LogP contribution in [0.3, 0.4) is 0 Å². The molecule has 1 aromatic carbocycles. The van der Waals surface area contributed by atoms with Crippen LogP contribution in [0.5, 0.6) is 0 Å². The van der Waals surface area contributed by atoms with Gasteiger partial charge in [0, 0.05) is 44.2 Å². The van der Waals surface area contributed by atoms with E-state index in [9.17, 15) is 4.79 Å². The first-order chi connectivity index (χ1) is 12.7. The third-order valence-corrected chi connectivity index (χ3v) is 6.23. The average molecular weight is 357 g/mol. The minimum absolute atomic E-state index is 0.00737. The molecule has 4 rings (SSSR count). The molecule has 5 nitrogen and oxygen atoms in total. The number of nitrogens with zero attached hydrogens (tertiary/aromatic N) is 2. The van der Waals surface area contributed by atoms with Crippen LogP contribution in [0.1, 0.15) is 37.7 Å². The number of piperidine rings is 1. The molecule has 5 heteroatoms. The molecule has 0 radical (unpaired) electrons. The van der Waals surface area contributed by atoms with Gasteiger partial charge in [-0.2, -0.15) is 0 Å². The van der Waals surface area contributed by atoms with Crippen LogP contribution in [-0.4, -0.2) is 73.2 Å². The molecule has 0 spiro atoms. The van der Waals surface area contributed by atoms with Crippen molar-refractivity contribution in [2.24, 2.45) is 0 Å². The van der Waals surface area contributed by atoms with Gasteiger partial charge in [-0.3, -0.25) is 9.69 Å². The van der Waals surface area contributed by atoms with E-state index in [0.717, 1.165) is 39.0 Å². The van der Waals surface area contributed by atoms with Gasteiger partial charge in [0.05, 0.1) is 19.3 Å². The molecule has 1 aromatic rings. The maximum absolute atomic E-state index is 12.7. The second-order valence-corrected chi connectivity index (χ2v) is 7.95. The van der Waals surface area contributed by atoms with Crippen molar-refractivity contribution in [3.8, 4) is 0 Å². The second-order valence-electron chi connectivity index (χ2n) is 7.95. The van der Waals surface area contributed by atoms with Gasteiger partial charge in [-0.1, -0.05) is 30.3 Å². The maximum Gasteiger partial charge on any atom is 0.239 e. The van der Waals surface area contributed by atoms with E-state index in [2.05, 4.69) is 47.5 Å². The van der Waals surface area contributed by atoms with Crippen molar-refractivity contribution >= 4 is 5.91 Å². The summed E-state index contributed by atoms with van der Waals surface area (Å²) in [6, 6.07) is 12.1. The van der Waals surface area contributed by atoms with E-state index in [-0.39, 0.29) is 11.9 Å². The Morgan fingerprint density at radius 1 is 1.12 bits per heavy atom. The Kier molecular flexibility index (Phi) is 5.57. The zero-order valence-corrected chi connectivity index (χ0v) is 15.8. The molecular formula is C21H31N3O2. The molecule has 0 unspecified atom stereocenters. The maximum atomic E-state index is 12.7. The zero-order valence-electron chi connectivity index (χ0n) is 15.8. The number of likely N-dealkylation sites (tertiary alicyclic amines) is 1. The number of ether oxygens (including phenoxy) is 1. The number of morpholine rings is 1. The average Bonchev–Trinajstić information content (AvgIpc) is 3.48. The van der Waals surface area contributed by atoms with Crippen LogP contribution in [0.4, 0.5) is 0 Å². The van der Waals surface area contributed by atoms with Gasteiger partial charge in [0.15, 0.2) is 0 Å². The molecule has 3 fully saturated rings. The first-order valence-electron chi connectivity index (χ1n) is 10.1. The van der Waals surface area contributed by atoms with Crippen LogP contribution in [0.25, 0.3) is 0 Å². The molecule has 0 bridgehead atoms. The summed E-state index contributed by atoms with van der Waals surface area (Å²) < 4.78 is 5.36. The summed E-state index contributed by atoms with van der Waals surface area (Å²) in [5, 5.41) is 3.85. The molecule has 1 aliphatic carbocycles. The highest BCUT2D eigenvalue weighted by Crippen LogP contribution is 2.41. The lowest BCUT2D eigenvalue weighted by Gasteiger charge is -2.38. The highest BCUT2D eigenvalue weighted by Gasteiger charge is 2.40. The highest BCUT2D eigenvalue weighted by atomic mass is 16.5. The molecule has 26 heavy (non-hydrogen) atoms. The van der Waals surface area contributed by atoms with Crippen molar-refractivity contribution in [1.29, 1.82) is 0 Å². The van der Waals surface area contributed by atoms with Crippen LogP contribution in [-0.2, 0) is 9.53 Å². The van der Waals surface area contributed by atoms with E-state index in [1.807, 2.05) is 4.90 Å². The van der Waals surface area contributed by atoms with Crippen LogP contribution < -0.4 is 5.32 Å². The number of nitrogens with one attached hydrogen (secondary N) is 1. The molecule has 2 aliphatic heterocycles. The van der Waals surface area contributed by atoms with Gasteiger partial charge in [0.25, 0.3) is 0 Å². The summed E-state index contributed by atoms with van der Waals surface area (Å²) >= 11 is 0. The van der Waals surface area contributed by atoms with Crippen molar-refractivity contribution in [2.75, 3.05) is 39.4 Å². The van der Waals surface area contributed by atoms with E-state index in [1.165, 1.54) is 12.0 Å². The lowest BCUT2D eigenvalue weighted by molar-refractivity contribution is -0.141. The predicted octanol–water partition coefficient (Wildman–Crippen LogP) is 1.84. The molecule has 2 heterocycles. The molecule has 0 aromatic heterocycles. The van der Waals surface area contributed by atoms with Crippen LogP contribution in [0, 0.1) is 0 Å². The summed E-state index contributed by atoms with van der Waals surface area (Å²) in [6.45, 7) is 6.92. The van der Waals surface area contributed by atoms with Crippen molar-refractivity contribution in [3.05, 3.63) is 35.9 Å². The van der Waals surface area contributed by atoms with Gasteiger partial charge >= 0.3 is 0 Å². The van der Waals surface area contributed by atoms with Crippen LogP contribution >= 0.6 is 0 Å². The van der Waals surface area contributed by atoms with E-state index < -0.39 is 0 Å². The first kappa shape index (κ1) is 18.0. The van der Waals surface area contributed by atoms with Gasteiger partial charge in [0.1, 0.15) is 0 Å². The Bertz CT molecular complexity index is 595. The molecule has 142 valence electrons. The predicted molar refractivity (Wildman–Crippen MR) is 102 cm³/mol. The van der Waals surface area contributed by atoms with Crippen LogP contribution in [0.2, 0.25) is 0 Å². The van der Waals surface area contributed by atoms with E-state index in [0.29, 0.717) is 31.2 Å². The number of rotatable bonds is 5. The fourth-order valence-electron chi connectivity index (χ4n) is 4.41. The quantitative estimate of drug-likeness (QED) is 0.873. The summed E-state index contributed by atoms with van der Waals surface area (Å²) in [5.41, 5.74) is 1.46. The third kappa shape index (κ3) is 4.11. The monoisotopic (exact) mass is 357 g/mol. The Hall–Kier alpha value is -1.43. The Morgan fingerprint density at radius 3 is 2.50 bits per heavy atom. The lowest BCUT2D eigenvalue weighted by atomic mass is 10.0. The SMILES string of the molecule is C[C@H](C(=O)N1CCOCC1)N1CCC(N[C@@H]2C[C@H]2c2ccccc2)CC1. The van der Waals surface area contributed by atoms with Crippen LogP contribution in [0.15, 0.2) is 30.3 Å². The van der Waals surface area contributed by atoms with Crippen molar-refractivity contribution < 1.29 is 9.53 Å². The minimum Gasteiger partial charge on any atom is -0.378 e. The minimum atomic E-state index is -0.00737. The molecule has 2 saturated heterocycles. The fourth-order valence-corrected chi connectivity index (χ4v) is 4.41. The molecule has 1 N–H and O–H groups in total. The second kappa shape index (κ2) is 8.07. The van der Waals surface area contributed by atoms with Gasteiger partial charge in [-0.05, 0) is 31.7 Å². The van der Waals surface area contributed by atoms with Gasteiger partial charge in [-0.25, -0.2) is 0 Å². The molecule has 1 saturated carbocycles. The van der Waals surface area contributed by atoms with Gasteiger partial charge in [-0.15, -0.1) is 0 Å². The summed E-state index contributed by atoms with van der Waals surface area (Å²) in [7, 11) is 0. The third-order valence-electron chi connectivity index (χ3n) is 6.23. The number of carbonyl (C=O) groups excluding carboxylic acids is 1. The zero-order chi connectivity index (χ0) is 17.9. The van der Waals surface area contributed by atoms with E-state index in [4.69, 9.17) is 4.74 Å². The topological polar surface area (TPSA) is 44.8 Å². The van der Waals surface area contributed by atoms with Crippen molar-refractivity contribution in [2.45, 2.75) is 50.2 Å². The summed E-state index contributed by atoms with van der Waals surface area (Å²) in [5.74, 6) is 0.960. The van der Waals surface area contributed by atoms with E-state index >= 15 is 0 Å². The van der Waals surface area contributed by atoms with E-state index in [1.54, 1.807) is 0 Å². The lowest BCUT2D eigenvalue weighted by Crippen LogP contribution is -2.54.